The van der Waals surface area contributed by atoms with E-state index in [2.05, 4.69) is 58.6 Å². The Balaban J connectivity index is 0.000000365. The van der Waals surface area contributed by atoms with E-state index in [1.807, 2.05) is 182 Å². The smallest absolute Gasteiger partial charge is 1.00 e. The average Bonchev–Trinajstić information content (AvgIpc) is 1.74. The minimum Gasteiger partial charge on any atom is -1.00 e. The van der Waals surface area contributed by atoms with Crippen LogP contribution in [0.1, 0.15) is 67.9 Å². The molecule has 0 spiro atoms. The molecule has 5 aromatic heterocycles. The van der Waals surface area contributed by atoms with Crippen molar-refractivity contribution < 1.29 is 215 Å². The van der Waals surface area contributed by atoms with Crippen LogP contribution in [-0.2, 0) is 95.8 Å². The number of benzene rings is 8. The van der Waals surface area contributed by atoms with E-state index in [-0.39, 0.29) is 201 Å². The summed E-state index contributed by atoms with van der Waals surface area (Å²) in [6.07, 6.45) is 17.1. The second-order valence-corrected chi connectivity index (χ2v) is 28.4. The predicted octanol–water partition coefficient (Wildman–Crippen LogP) is 9.96. The molecule has 0 radical (unpaired) electrons. The van der Waals surface area contributed by atoms with Gasteiger partial charge in [0.1, 0.15) is 25.6 Å². The molecule has 1 aliphatic heterocycles. The van der Waals surface area contributed by atoms with Crippen molar-refractivity contribution in [2.45, 2.75) is 88.4 Å². The molecule has 1 N–H and O–H groups in total. The van der Waals surface area contributed by atoms with Gasteiger partial charge in [0.15, 0.2) is 0 Å². The van der Waals surface area contributed by atoms with Gasteiger partial charge in [-0.25, -0.2) is 21.6 Å². The van der Waals surface area contributed by atoms with E-state index < -0.39 is 48.6 Å². The maximum Gasteiger partial charge on any atom is 2.00 e. The van der Waals surface area contributed by atoms with Crippen LogP contribution in [0.5, 0.6) is 0 Å². The largest absolute Gasteiger partial charge is 2.00 e. The van der Waals surface area contributed by atoms with Crippen molar-refractivity contribution in [2.24, 2.45) is 0 Å². The van der Waals surface area contributed by atoms with Gasteiger partial charge in [-0.2, -0.15) is 24.3 Å². The standard InChI is InChI=1S/C19H26BNO4.2C19H12N3O4S.C9H7.2C5H5N.C2H4O2.CH2O3.2K.2Pd.H/c1-17(2,3)23-16(22)21-11-10-13-12-14(8-9-15(13)21)20-24-18(4,5)19(6,7)25-20;2*23-22(24)15-8-10-16(11-9-15)27(25,26)21-17-5-1-3-13-6-7-14-4-2-12-20-19(14)18(13)17;1-2-5-9-7-3-6-8(9)4-1;2*1-2-4-6-5-3-1;1-2(3)4;2-1-4-3;;;;;/h8-12H,1-7H3;2*1-12H;1,3-5,7H,6H2;2*1-5H;1H3,(H,3,4);1,3H;;;;;/q;3*-1;;;;;2*+1;;+2;-1/p-1. The average molecular weight is 1790 g/mol. The number of allylic oxidation sites excluding steroid dienone is 1. The van der Waals surface area contributed by atoms with Gasteiger partial charge in [-0.15, -0.1) is 28.6 Å². The van der Waals surface area contributed by atoms with Crippen LogP contribution in [0.25, 0.3) is 69.8 Å². The fraction of sp³-hybridized carbons (Fsp3) is 0.152. The van der Waals surface area contributed by atoms with Gasteiger partial charge in [0.25, 0.3) is 23.8 Å². The number of carboxylic acid groups (broad SMARTS) is 1. The molecule has 8 aromatic carbocycles. The van der Waals surface area contributed by atoms with Gasteiger partial charge < -0.3 is 40.2 Å². The van der Waals surface area contributed by atoms with Gasteiger partial charge >= 0.3 is 136 Å². The molecule has 574 valence electrons. The van der Waals surface area contributed by atoms with Crippen molar-refractivity contribution in [3.05, 3.63) is 309 Å². The maximum absolute atomic E-state index is 12.7. The molecule has 1 aliphatic carbocycles. The summed E-state index contributed by atoms with van der Waals surface area (Å²) in [6, 6.07) is 63.0. The number of hydrogen-bond donors (Lipinski definition) is 1. The summed E-state index contributed by atoms with van der Waals surface area (Å²) in [6.45, 7) is 14.6. The molecule has 15 rings (SSSR count). The Labute approximate surface area is 761 Å². The van der Waals surface area contributed by atoms with Crippen LogP contribution in [0.4, 0.5) is 27.5 Å². The monoisotopic (exact) mass is 1780 g/mol. The van der Waals surface area contributed by atoms with E-state index >= 15 is 0 Å². The molecule has 0 unspecified atom stereocenters. The van der Waals surface area contributed by atoms with Crippen molar-refractivity contribution in [2.75, 3.05) is 0 Å². The number of aromatic nitrogens is 5. The second-order valence-electron chi connectivity index (χ2n) is 25.2. The minimum atomic E-state index is -4.04. The van der Waals surface area contributed by atoms with Crippen molar-refractivity contribution >= 4 is 134 Å². The number of nitro groups is 2. The Morgan fingerprint density at radius 3 is 1.44 bits per heavy atom. The van der Waals surface area contributed by atoms with E-state index in [0.29, 0.717) is 21.8 Å². The van der Waals surface area contributed by atoms with Gasteiger partial charge in [0.2, 0.25) is 0 Å². The minimum absolute atomic E-state index is 0. The Morgan fingerprint density at radius 1 is 0.625 bits per heavy atom. The van der Waals surface area contributed by atoms with Crippen molar-refractivity contribution in [1.29, 1.82) is 0 Å². The van der Waals surface area contributed by atoms with Crippen LogP contribution in [0.3, 0.4) is 0 Å². The molecule has 6 heterocycles. The summed E-state index contributed by atoms with van der Waals surface area (Å²) >= 11 is 0. The molecular weight excluding hydrogens is 1710 g/mol. The summed E-state index contributed by atoms with van der Waals surface area (Å²) in [5.41, 5.74) is 4.70. The van der Waals surface area contributed by atoms with Gasteiger partial charge in [-0.05, 0) is 160 Å². The molecule has 0 amide bonds. The number of carbonyl (C=O) groups is 3. The molecule has 33 heteroatoms. The number of sulfonamides is 2. The molecule has 1 fully saturated rings. The number of fused-ring (bicyclic) bond motifs is 8. The number of carbonyl (C=O) groups excluding carboxylic acids is 2. The van der Waals surface area contributed by atoms with E-state index in [0.717, 1.165) is 75.5 Å². The number of nitrogens with zero attached hydrogens (tertiary/aromatic N) is 9. The molecule has 0 bridgehead atoms. The van der Waals surface area contributed by atoms with E-state index in [1.165, 1.54) is 40.0 Å². The zero-order valence-electron chi connectivity index (χ0n) is 63.2. The summed E-state index contributed by atoms with van der Waals surface area (Å²) < 4.78 is 77.9. The second kappa shape index (κ2) is 45.1. The first-order valence-electron chi connectivity index (χ1n) is 32.9. The Bertz CT molecular complexity index is 5270. The third kappa shape index (κ3) is 27.6. The quantitative estimate of drug-likeness (QED) is 0.0253. The van der Waals surface area contributed by atoms with Crippen LogP contribution >= 0.6 is 0 Å². The van der Waals surface area contributed by atoms with Crippen LogP contribution in [0.15, 0.2) is 272 Å². The van der Waals surface area contributed by atoms with E-state index in [4.69, 9.17) is 34.0 Å². The maximum atomic E-state index is 12.7. The number of aliphatic carboxylic acids is 1. The number of rotatable bonds is 10. The Kier molecular flexibility index (Phi) is 38.8. The molecule has 0 atom stereocenters. The van der Waals surface area contributed by atoms with Crippen molar-refractivity contribution in [3.63, 3.8) is 0 Å². The molecule has 1 saturated heterocycles. The zero-order valence-corrected chi connectivity index (χ0v) is 73.2. The van der Waals surface area contributed by atoms with Crippen LogP contribution < -0.4 is 113 Å². The molecule has 2 aliphatic rings. The fourth-order valence-corrected chi connectivity index (χ4v) is 12.3. The molecular formula is C79H73BK2N9O17Pd2S2-. The molecule has 26 nitrogen and oxygen atoms in total. The number of non-ortho nitro benzene ring substituents is 2. The Morgan fingerprint density at radius 2 is 1.05 bits per heavy atom. The van der Waals surface area contributed by atoms with Gasteiger partial charge in [-0.3, -0.25) is 54.3 Å². The van der Waals surface area contributed by atoms with Crippen LogP contribution in [0, 0.1) is 26.3 Å². The third-order valence-corrected chi connectivity index (χ3v) is 18.6. The fourth-order valence-electron chi connectivity index (χ4n) is 10.3. The SMILES string of the molecule is CC(=O)O.CC(C)(C)OC(=O)n1ccc2cc(B3OC(C)(C)C(C)(C)O3)ccc21.O=CO[O-].O=[N+]([O-])c1ccc(S(=O)(=O)[N-]c2cccc3ccc4cccnc4c23)cc1.O=[N+]([O-])c1ccc(S(=O)(=O)[N-]c2cccc3ccc4cccnc4c23)cc1.[H-].[K+].[K+].[Pd+2].[Pd].[c-]1ccc2c(c1)C=CC2.c1ccncc1.c1ccncc1. The summed E-state index contributed by atoms with van der Waals surface area (Å²) in [5, 5.41) is 43.0. The van der Waals surface area contributed by atoms with Crippen LogP contribution in [0.2, 0.25) is 0 Å². The zero-order chi connectivity index (χ0) is 78.2. The number of carboxylic acids is 1. The topological polar surface area (TPSA) is 371 Å². The first-order chi connectivity index (χ1) is 51.4. The number of pyridine rings is 4. The first-order valence-corrected chi connectivity index (χ1v) is 35.8. The predicted molar refractivity (Wildman–Crippen MR) is 412 cm³/mol. The van der Waals surface area contributed by atoms with Crippen molar-refractivity contribution in [1.82, 2.24) is 24.5 Å². The number of nitro benzene ring substituents is 2. The molecule has 13 aromatic rings. The molecule has 112 heavy (non-hydrogen) atoms. The first kappa shape index (κ1) is 96.3. The van der Waals surface area contributed by atoms with E-state index in [9.17, 15) is 41.9 Å². The summed E-state index contributed by atoms with van der Waals surface area (Å²) in [4.78, 5) is 69.0. The van der Waals surface area contributed by atoms with Gasteiger partial charge in [-0.1, -0.05) is 103 Å². The van der Waals surface area contributed by atoms with Gasteiger partial charge in [0.05, 0.1) is 47.4 Å². The molecule has 0 saturated carbocycles. The van der Waals surface area contributed by atoms with Crippen molar-refractivity contribution in [3.8, 4) is 0 Å². The number of hydrogen-bond acceptors (Lipinski definition) is 20. The number of ether oxygens (including phenoxy) is 1. The van der Waals surface area contributed by atoms with Gasteiger partial charge in [0, 0.05) is 106 Å². The Hall–Kier alpha value is -8.07. The van der Waals surface area contributed by atoms with E-state index in [1.54, 1.807) is 67.6 Å². The summed E-state index contributed by atoms with van der Waals surface area (Å²) in [7, 11) is -8.50. The third-order valence-electron chi connectivity index (χ3n) is 15.9. The van der Waals surface area contributed by atoms with Crippen LogP contribution in [-0.4, -0.2) is 98.7 Å². The summed E-state index contributed by atoms with van der Waals surface area (Å²) in [5.74, 6) is -0.833. The normalized spacial score (nSPS) is 12.3.